The Morgan fingerprint density at radius 2 is 2.00 bits per heavy atom. The van der Waals surface area contributed by atoms with Crippen LogP contribution in [-0.4, -0.2) is 12.3 Å². The fourth-order valence-electron chi connectivity index (χ4n) is 2.23. The Bertz CT molecular complexity index is 554. The van der Waals surface area contributed by atoms with Gasteiger partial charge >= 0.3 is 0 Å². The minimum absolute atomic E-state index is 0.951. The van der Waals surface area contributed by atoms with E-state index in [9.17, 15) is 0 Å². The lowest BCUT2D eigenvalue weighted by molar-refractivity contribution is 0.675. The van der Waals surface area contributed by atoms with Gasteiger partial charge in [0.25, 0.3) is 0 Å². The van der Waals surface area contributed by atoms with Crippen LogP contribution in [0.5, 0.6) is 0 Å². The Kier molecular flexibility index (Phi) is 5.14. The molecule has 0 bridgehead atoms. The summed E-state index contributed by atoms with van der Waals surface area (Å²) >= 11 is 0. The zero-order chi connectivity index (χ0) is 13.5. The maximum Gasteiger partial charge on any atom is 0.0392 e. The van der Waals surface area contributed by atoms with Crippen LogP contribution in [0.15, 0.2) is 41.4 Å². The summed E-state index contributed by atoms with van der Waals surface area (Å²) in [7, 11) is 0. The van der Waals surface area contributed by atoms with Gasteiger partial charge in [-0.1, -0.05) is 50.5 Å². The molecule has 2 aromatic carbocycles. The molecule has 0 spiro atoms. The van der Waals surface area contributed by atoms with E-state index in [0.717, 1.165) is 12.3 Å². The van der Waals surface area contributed by atoms with Crippen molar-refractivity contribution in [1.82, 2.24) is 0 Å². The molecule has 0 heterocycles. The van der Waals surface area contributed by atoms with E-state index in [-0.39, 0.29) is 0 Å². The topological polar surface area (TPSA) is 12.4 Å². The van der Waals surface area contributed by atoms with Crippen LogP contribution in [0.4, 0.5) is 0 Å². The number of rotatable bonds is 6. The van der Waals surface area contributed by atoms with Gasteiger partial charge < -0.3 is 0 Å². The Morgan fingerprint density at radius 1 is 1.11 bits per heavy atom. The van der Waals surface area contributed by atoms with Crippen molar-refractivity contribution in [1.29, 1.82) is 0 Å². The lowest BCUT2D eigenvalue weighted by Gasteiger charge is -2.04. The van der Waals surface area contributed by atoms with Crippen molar-refractivity contribution in [3.8, 4) is 0 Å². The largest absolute Gasteiger partial charge is 0.289 e. The first-order valence-electron chi connectivity index (χ1n) is 7.22. The van der Waals surface area contributed by atoms with Gasteiger partial charge in [-0.05, 0) is 47.9 Å². The molecule has 0 fully saturated rings. The quantitative estimate of drug-likeness (QED) is 0.505. The predicted octanol–water partition coefficient (Wildman–Crippen LogP) is 5.03. The smallest absolute Gasteiger partial charge is 0.0392 e. The first kappa shape index (κ1) is 13.8. The zero-order valence-electron chi connectivity index (χ0n) is 11.9. The highest BCUT2D eigenvalue weighted by atomic mass is 14.7. The van der Waals surface area contributed by atoms with Gasteiger partial charge in [-0.3, -0.25) is 4.99 Å². The van der Waals surface area contributed by atoms with Crippen LogP contribution in [0.3, 0.4) is 0 Å². The molecule has 0 N–H and O–H groups in total. The first-order valence-corrected chi connectivity index (χ1v) is 7.22. The van der Waals surface area contributed by atoms with Crippen molar-refractivity contribution in [2.24, 2.45) is 4.99 Å². The Hall–Kier alpha value is -1.63. The molecule has 0 atom stereocenters. The lowest BCUT2D eigenvalue weighted by Crippen LogP contribution is -1.96. The Balaban J connectivity index is 2.04. The molecular weight excluding hydrogens is 230 g/mol. The summed E-state index contributed by atoms with van der Waals surface area (Å²) in [5, 5.41) is 2.50. The van der Waals surface area contributed by atoms with Crippen LogP contribution in [0.25, 0.3) is 10.8 Å². The molecule has 1 heteroatoms. The third kappa shape index (κ3) is 3.92. The van der Waals surface area contributed by atoms with E-state index in [2.05, 4.69) is 49.2 Å². The fourth-order valence-corrected chi connectivity index (χ4v) is 2.23. The number of fused-ring (bicyclic) bond motifs is 1. The van der Waals surface area contributed by atoms with E-state index >= 15 is 0 Å². The number of aliphatic imine (C=N–C) groups is 1. The Morgan fingerprint density at radius 3 is 2.84 bits per heavy atom. The normalized spacial score (nSPS) is 12.0. The van der Waals surface area contributed by atoms with Crippen molar-refractivity contribution in [3.63, 3.8) is 0 Å². The fraction of sp³-hybridized carbons (Fsp3) is 0.389. The van der Waals surface area contributed by atoms with Gasteiger partial charge in [-0.25, -0.2) is 0 Å². The SMILES string of the molecule is CCCCCCN=C(C)c1ccc2c[c]ccc2c1. The number of benzene rings is 2. The molecule has 0 saturated carbocycles. The molecule has 1 radical (unpaired) electrons. The molecule has 2 rings (SSSR count). The highest BCUT2D eigenvalue weighted by Gasteiger charge is 1.99. The van der Waals surface area contributed by atoms with E-state index in [1.807, 2.05) is 12.1 Å². The molecule has 0 saturated heterocycles. The highest BCUT2D eigenvalue weighted by Crippen LogP contribution is 2.16. The second kappa shape index (κ2) is 7.08. The first-order chi connectivity index (χ1) is 9.31. The van der Waals surface area contributed by atoms with E-state index in [4.69, 9.17) is 0 Å². The van der Waals surface area contributed by atoms with Gasteiger partial charge in [0.05, 0.1) is 0 Å². The maximum absolute atomic E-state index is 4.68. The van der Waals surface area contributed by atoms with Crippen molar-refractivity contribution in [2.45, 2.75) is 39.5 Å². The minimum atomic E-state index is 0.951. The second-order valence-electron chi connectivity index (χ2n) is 5.02. The number of hydrogen-bond acceptors (Lipinski definition) is 1. The van der Waals surface area contributed by atoms with Crippen molar-refractivity contribution in [3.05, 3.63) is 48.0 Å². The Labute approximate surface area is 116 Å². The summed E-state index contributed by atoms with van der Waals surface area (Å²) in [6, 6.07) is 15.7. The summed E-state index contributed by atoms with van der Waals surface area (Å²) in [6.07, 6.45) is 5.10. The number of hydrogen-bond donors (Lipinski definition) is 0. The molecule has 99 valence electrons. The standard InChI is InChI=1S/C18H22N/c1-3-4-5-8-13-19-15(2)17-12-11-16-9-6-7-10-18(16)14-17/h7,9-12,14H,3-5,8,13H2,1-2H3. The van der Waals surface area contributed by atoms with Gasteiger partial charge in [0.1, 0.15) is 0 Å². The molecule has 19 heavy (non-hydrogen) atoms. The van der Waals surface area contributed by atoms with Crippen LogP contribution in [0.2, 0.25) is 0 Å². The van der Waals surface area contributed by atoms with Crippen molar-refractivity contribution >= 4 is 16.5 Å². The van der Waals surface area contributed by atoms with Crippen LogP contribution in [-0.2, 0) is 0 Å². The summed E-state index contributed by atoms with van der Waals surface area (Å²) < 4.78 is 0. The molecule has 0 aliphatic carbocycles. The third-order valence-corrected chi connectivity index (χ3v) is 3.46. The second-order valence-corrected chi connectivity index (χ2v) is 5.02. The van der Waals surface area contributed by atoms with Gasteiger partial charge in [0, 0.05) is 12.3 Å². The molecule has 0 amide bonds. The molecule has 0 aromatic heterocycles. The van der Waals surface area contributed by atoms with Gasteiger partial charge in [0.2, 0.25) is 0 Å². The summed E-state index contributed by atoms with van der Waals surface area (Å²) in [6.45, 7) is 5.30. The monoisotopic (exact) mass is 252 g/mol. The summed E-state index contributed by atoms with van der Waals surface area (Å²) in [5.74, 6) is 0. The molecule has 0 aliphatic heterocycles. The van der Waals surface area contributed by atoms with E-state index in [1.165, 1.54) is 42.0 Å². The number of unbranched alkanes of at least 4 members (excludes halogenated alkanes) is 3. The molecule has 0 unspecified atom stereocenters. The molecular formula is C18H22N. The predicted molar refractivity (Wildman–Crippen MR) is 84.0 cm³/mol. The summed E-state index contributed by atoms with van der Waals surface area (Å²) in [4.78, 5) is 4.68. The maximum atomic E-state index is 4.68. The lowest BCUT2D eigenvalue weighted by atomic mass is 10.0. The average molecular weight is 252 g/mol. The minimum Gasteiger partial charge on any atom is -0.289 e. The van der Waals surface area contributed by atoms with Gasteiger partial charge in [-0.15, -0.1) is 0 Å². The zero-order valence-corrected chi connectivity index (χ0v) is 11.9. The molecule has 0 aliphatic rings. The van der Waals surface area contributed by atoms with Crippen molar-refractivity contribution in [2.75, 3.05) is 6.54 Å². The molecule has 1 nitrogen and oxygen atoms in total. The van der Waals surface area contributed by atoms with E-state index in [1.54, 1.807) is 0 Å². The van der Waals surface area contributed by atoms with Crippen LogP contribution < -0.4 is 0 Å². The third-order valence-electron chi connectivity index (χ3n) is 3.46. The number of nitrogens with zero attached hydrogens (tertiary/aromatic N) is 1. The van der Waals surface area contributed by atoms with Crippen LogP contribution >= 0.6 is 0 Å². The highest BCUT2D eigenvalue weighted by molar-refractivity contribution is 6.01. The van der Waals surface area contributed by atoms with Gasteiger partial charge in [0.15, 0.2) is 0 Å². The van der Waals surface area contributed by atoms with E-state index < -0.39 is 0 Å². The van der Waals surface area contributed by atoms with Crippen LogP contribution in [0, 0.1) is 6.07 Å². The average Bonchev–Trinajstić information content (AvgIpc) is 2.46. The van der Waals surface area contributed by atoms with E-state index in [0.29, 0.717) is 0 Å². The summed E-state index contributed by atoms with van der Waals surface area (Å²) in [5.41, 5.74) is 2.38. The van der Waals surface area contributed by atoms with Crippen molar-refractivity contribution < 1.29 is 0 Å². The molecule has 2 aromatic rings. The van der Waals surface area contributed by atoms with Crippen LogP contribution in [0.1, 0.15) is 45.1 Å². The van der Waals surface area contributed by atoms with Gasteiger partial charge in [-0.2, -0.15) is 0 Å².